The van der Waals surface area contributed by atoms with Crippen LogP contribution in [0.4, 0.5) is 0 Å². The number of methoxy groups -OCH3 is 1. The zero-order valence-corrected chi connectivity index (χ0v) is 13.4. The van der Waals surface area contributed by atoms with Gasteiger partial charge in [-0.15, -0.1) is 0 Å². The molecule has 1 heterocycles. The molecular weight excluding hydrogens is 276 g/mol. The number of rotatable bonds is 6. The molecule has 0 aliphatic heterocycles. The molecule has 0 fully saturated rings. The highest BCUT2D eigenvalue weighted by atomic mass is 16.5. The first kappa shape index (κ1) is 16.0. The second-order valence-electron chi connectivity index (χ2n) is 5.25. The van der Waals surface area contributed by atoms with Crippen LogP contribution >= 0.6 is 0 Å². The van der Waals surface area contributed by atoms with Gasteiger partial charge in [-0.25, -0.2) is 0 Å². The van der Waals surface area contributed by atoms with Crippen molar-refractivity contribution in [3.63, 3.8) is 0 Å². The van der Waals surface area contributed by atoms with Crippen LogP contribution in [0.25, 0.3) is 0 Å². The van der Waals surface area contributed by atoms with Crippen molar-refractivity contribution in [1.82, 2.24) is 5.32 Å². The molecular formula is C18H23N2O2+. The van der Waals surface area contributed by atoms with Crippen molar-refractivity contribution in [2.45, 2.75) is 33.4 Å². The Kier molecular flexibility index (Phi) is 5.53. The van der Waals surface area contributed by atoms with Crippen LogP contribution < -0.4 is 14.6 Å². The van der Waals surface area contributed by atoms with Crippen LogP contribution in [-0.2, 0) is 24.3 Å². The van der Waals surface area contributed by atoms with E-state index >= 15 is 0 Å². The van der Waals surface area contributed by atoms with Crippen LogP contribution in [0.1, 0.15) is 23.7 Å². The summed E-state index contributed by atoms with van der Waals surface area (Å²) in [5.74, 6) is 0.784. The summed E-state index contributed by atoms with van der Waals surface area (Å²) < 4.78 is 7.27. The van der Waals surface area contributed by atoms with Crippen molar-refractivity contribution < 1.29 is 14.1 Å². The molecule has 0 aliphatic carbocycles. The van der Waals surface area contributed by atoms with E-state index in [4.69, 9.17) is 4.74 Å². The molecule has 0 atom stereocenters. The lowest BCUT2D eigenvalue weighted by Gasteiger charge is -2.09. The van der Waals surface area contributed by atoms with Crippen molar-refractivity contribution in [2.24, 2.45) is 0 Å². The van der Waals surface area contributed by atoms with Crippen LogP contribution in [0.2, 0.25) is 0 Å². The van der Waals surface area contributed by atoms with E-state index in [1.807, 2.05) is 48.0 Å². The number of para-hydroxylation sites is 1. The van der Waals surface area contributed by atoms with Crippen molar-refractivity contribution in [1.29, 1.82) is 0 Å². The Bertz CT molecular complexity index is 653. The van der Waals surface area contributed by atoms with E-state index in [0.717, 1.165) is 23.4 Å². The quantitative estimate of drug-likeness (QED) is 0.831. The lowest BCUT2D eigenvalue weighted by atomic mass is 10.2. The van der Waals surface area contributed by atoms with Gasteiger partial charge in [-0.05, 0) is 18.6 Å². The van der Waals surface area contributed by atoms with Gasteiger partial charge < -0.3 is 10.1 Å². The number of hydrogen-bond donors (Lipinski definition) is 1. The van der Waals surface area contributed by atoms with Crippen LogP contribution in [0, 0.1) is 6.92 Å². The molecule has 116 valence electrons. The summed E-state index contributed by atoms with van der Waals surface area (Å²) in [6.45, 7) is 4.91. The molecule has 1 aromatic carbocycles. The first-order valence-electron chi connectivity index (χ1n) is 7.51. The van der Waals surface area contributed by atoms with Crippen molar-refractivity contribution in [3.05, 3.63) is 59.4 Å². The Labute approximate surface area is 131 Å². The molecule has 0 bridgehead atoms. The maximum absolute atomic E-state index is 12.2. The Hall–Kier alpha value is -2.36. The molecule has 0 spiro atoms. The third-order valence-corrected chi connectivity index (χ3v) is 3.70. The largest absolute Gasteiger partial charge is 0.496 e. The Morgan fingerprint density at radius 2 is 2.00 bits per heavy atom. The normalized spacial score (nSPS) is 10.3. The molecule has 1 aromatic heterocycles. The molecule has 0 saturated carbocycles. The number of nitrogens with one attached hydrogen (secondary N) is 1. The minimum absolute atomic E-state index is 0.00717. The van der Waals surface area contributed by atoms with Crippen LogP contribution in [0.3, 0.4) is 0 Å². The summed E-state index contributed by atoms with van der Waals surface area (Å²) in [7, 11) is 1.64. The predicted octanol–water partition coefficient (Wildman–Crippen LogP) is 2.17. The average molecular weight is 299 g/mol. The number of ether oxygens (including phenoxy) is 1. The van der Waals surface area contributed by atoms with Gasteiger partial charge in [0.05, 0.1) is 7.11 Å². The summed E-state index contributed by atoms with van der Waals surface area (Å²) in [5, 5.41) is 2.95. The first-order chi connectivity index (χ1) is 10.6. The number of aromatic nitrogens is 1. The molecule has 1 N–H and O–H groups in total. The number of carbonyl (C=O) groups is 1. The first-order valence-corrected chi connectivity index (χ1v) is 7.51. The predicted molar refractivity (Wildman–Crippen MR) is 85.6 cm³/mol. The number of carbonyl (C=O) groups excluding carboxylic acids is 1. The van der Waals surface area contributed by atoms with Gasteiger partial charge in [0.1, 0.15) is 5.75 Å². The van der Waals surface area contributed by atoms with E-state index in [9.17, 15) is 4.79 Å². The van der Waals surface area contributed by atoms with Crippen molar-refractivity contribution in [2.75, 3.05) is 7.11 Å². The highest BCUT2D eigenvalue weighted by Crippen LogP contribution is 2.16. The number of benzene rings is 1. The van der Waals surface area contributed by atoms with Crippen molar-refractivity contribution >= 4 is 5.91 Å². The third-order valence-electron chi connectivity index (χ3n) is 3.70. The molecule has 4 nitrogen and oxygen atoms in total. The molecule has 2 aromatic rings. The SMILES string of the molecule is CCc1ccc(C)[n+](CC(=O)NCc2ccccc2OC)c1. The molecule has 0 aliphatic rings. The smallest absolute Gasteiger partial charge is 0.286 e. The van der Waals surface area contributed by atoms with Gasteiger partial charge >= 0.3 is 0 Å². The highest BCUT2D eigenvalue weighted by molar-refractivity contribution is 5.74. The summed E-state index contributed by atoms with van der Waals surface area (Å²) >= 11 is 0. The van der Waals surface area contributed by atoms with Gasteiger partial charge in [-0.1, -0.05) is 25.1 Å². The van der Waals surface area contributed by atoms with E-state index in [-0.39, 0.29) is 5.91 Å². The van der Waals surface area contributed by atoms with Gasteiger partial charge in [0.2, 0.25) is 6.54 Å². The summed E-state index contributed by atoms with van der Waals surface area (Å²) in [5.41, 5.74) is 3.27. The summed E-state index contributed by atoms with van der Waals surface area (Å²) in [6, 6.07) is 11.8. The van der Waals surface area contributed by atoms with Gasteiger partial charge in [-0.3, -0.25) is 4.79 Å². The third kappa shape index (κ3) is 4.07. The highest BCUT2D eigenvalue weighted by Gasteiger charge is 2.13. The number of aryl methyl sites for hydroxylation is 2. The van der Waals surface area contributed by atoms with Crippen LogP contribution in [0.5, 0.6) is 5.75 Å². The Morgan fingerprint density at radius 1 is 1.23 bits per heavy atom. The maximum atomic E-state index is 12.2. The minimum Gasteiger partial charge on any atom is -0.496 e. The van der Waals surface area contributed by atoms with E-state index in [2.05, 4.69) is 18.3 Å². The van der Waals surface area contributed by atoms with E-state index < -0.39 is 0 Å². The monoisotopic (exact) mass is 299 g/mol. The van der Waals surface area contributed by atoms with Crippen molar-refractivity contribution in [3.8, 4) is 5.75 Å². The van der Waals surface area contributed by atoms with E-state index in [1.165, 1.54) is 5.56 Å². The average Bonchev–Trinajstić information content (AvgIpc) is 2.55. The molecule has 0 saturated heterocycles. The fourth-order valence-electron chi connectivity index (χ4n) is 2.30. The number of nitrogens with zero attached hydrogens (tertiary/aromatic N) is 1. The van der Waals surface area contributed by atoms with Crippen LogP contribution in [0.15, 0.2) is 42.6 Å². The minimum atomic E-state index is -0.00717. The van der Waals surface area contributed by atoms with Gasteiger partial charge in [0.25, 0.3) is 5.91 Å². The van der Waals surface area contributed by atoms with Gasteiger partial charge in [0.15, 0.2) is 11.9 Å². The van der Waals surface area contributed by atoms with E-state index in [0.29, 0.717) is 13.1 Å². The fourth-order valence-corrected chi connectivity index (χ4v) is 2.30. The molecule has 1 amide bonds. The second-order valence-corrected chi connectivity index (χ2v) is 5.25. The molecule has 22 heavy (non-hydrogen) atoms. The Morgan fingerprint density at radius 3 is 2.73 bits per heavy atom. The topological polar surface area (TPSA) is 42.2 Å². The lowest BCUT2D eigenvalue weighted by molar-refractivity contribution is -0.690. The zero-order chi connectivity index (χ0) is 15.9. The number of pyridine rings is 1. The standard InChI is InChI=1S/C18H22N2O2/c1-4-15-10-9-14(2)20(12-15)13-18(21)19-11-16-7-5-6-8-17(16)22-3/h5-10,12H,4,11,13H2,1-3H3/p+1. The molecule has 0 unspecified atom stereocenters. The maximum Gasteiger partial charge on any atom is 0.286 e. The lowest BCUT2D eigenvalue weighted by Crippen LogP contribution is -2.45. The molecule has 4 heteroatoms. The van der Waals surface area contributed by atoms with Gasteiger partial charge in [0, 0.05) is 30.7 Å². The zero-order valence-electron chi connectivity index (χ0n) is 13.4. The number of amides is 1. The summed E-state index contributed by atoms with van der Waals surface area (Å²) in [4.78, 5) is 12.2. The number of hydrogen-bond acceptors (Lipinski definition) is 2. The second kappa shape index (κ2) is 7.59. The van der Waals surface area contributed by atoms with E-state index in [1.54, 1.807) is 7.11 Å². The van der Waals surface area contributed by atoms with Gasteiger partial charge in [-0.2, -0.15) is 4.57 Å². The Balaban J connectivity index is 1.99. The molecule has 2 rings (SSSR count). The summed E-state index contributed by atoms with van der Waals surface area (Å²) in [6.07, 6.45) is 3.00. The fraction of sp³-hybridized carbons (Fsp3) is 0.333. The molecule has 0 radical (unpaired) electrons. The van der Waals surface area contributed by atoms with Crippen LogP contribution in [-0.4, -0.2) is 13.0 Å².